The number of alkyl halides is 2. The summed E-state index contributed by atoms with van der Waals surface area (Å²) in [5.41, 5.74) is 1.26. The Bertz CT molecular complexity index is 1150. The number of likely N-dealkylation sites (tertiary alicyclic amines) is 1. The van der Waals surface area contributed by atoms with Crippen molar-refractivity contribution in [1.82, 2.24) is 10.2 Å². The van der Waals surface area contributed by atoms with Gasteiger partial charge >= 0.3 is 6.61 Å². The number of fused-ring (bicyclic) bond motifs is 1. The van der Waals surface area contributed by atoms with Crippen LogP contribution in [-0.4, -0.2) is 44.8 Å². The summed E-state index contributed by atoms with van der Waals surface area (Å²) in [6.07, 6.45) is 1.10. The summed E-state index contributed by atoms with van der Waals surface area (Å²) in [7, 11) is -3.68. The zero-order chi connectivity index (χ0) is 22.9. The lowest BCUT2D eigenvalue weighted by Crippen LogP contribution is -2.43. The average Bonchev–Trinajstić information content (AvgIpc) is 3.05. The van der Waals surface area contributed by atoms with Crippen molar-refractivity contribution >= 4 is 21.8 Å². The van der Waals surface area contributed by atoms with Gasteiger partial charge in [0, 0.05) is 24.6 Å². The molecule has 32 heavy (non-hydrogen) atoms. The summed E-state index contributed by atoms with van der Waals surface area (Å²) in [5.74, 6) is 0.116. The third kappa shape index (κ3) is 4.59. The molecule has 170 valence electrons. The summed E-state index contributed by atoms with van der Waals surface area (Å²) in [6.45, 7) is -0.115. The predicted molar refractivity (Wildman–Crippen MR) is 114 cm³/mol. The van der Waals surface area contributed by atoms with Crippen molar-refractivity contribution in [3.63, 3.8) is 0 Å². The fourth-order valence-electron chi connectivity index (χ4n) is 4.04. The smallest absolute Gasteiger partial charge is 0.387 e. The van der Waals surface area contributed by atoms with E-state index >= 15 is 0 Å². The van der Waals surface area contributed by atoms with E-state index in [1.807, 2.05) is 4.90 Å². The molecule has 0 radical (unpaired) electrons. The lowest BCUT2D eigenvalue weighted by Gasteiger charge is -2.33. The second-order valence-electron chi connectivity index (χ2n) is 7.83. The Kier molecular flexibility index (Phi) is 6.14. The largest absolute Gasteiger partial charge is 0.435 e. The van der Waals surface area contributed by atoms with Gasteiger partial charge in [-0.15, -0.1) is 4.40 Å². The number of amidine groups is 1. The SMILES string of the molecule is CC(NC(=O)C1CCN(C2=NS(=O)(=O)c3ccccc32)CC1)c1cccc(OC(F)F)c1. The van der Waals surface area contributed by atoms with Gasteiger partial charge in [0.05, 0.1) is 6.04 Å². The number of benzene rings is 2. The van der Waals surface area contributed by atoms with Gasteiger partial charge < -0.3 is 15.0 Å². The van der Waals surface area contributed by atoms with Crippen LogP contribution in [-0.2, 0) is 14.8 Å². The molecule has 1 fully saturated rings. The molecule has 2 aliphatic heterocycles. The van der Waals surface area contributed by atoms with E-state index in [9.17, 15) is 22.0 Å². The Hall–Kier alpha value is -3.01. The maximum Gasteiger partial charge on any atom is 0.387 e. The van der Waals surface area contributed by atoms with E-state index in [2.05, 4.69) is 14.5 Å². The molecule has 0 bridgehead atoms. The fourth-order valence-corrected chi connectivity index (χ4v) is 5.27. The molecule has 1 unspecified atom stereocenters. The molecule has 0 aromatic heterocycles. The summed E-state index contributed by atoms with van der Waals surface area (Å²) < 4.78 is 57.8. The summed E-state index contributed by atoms with van der Waals surface area (Å²) >= 11 is 0. The first kappa shape index (κ1) is 22.2. The maximum absolute atomic E-state index is 12.8. The van der Waals surface area contributed by atoms with E-state index in [-0.39, 0.29) is 28.5 Å². The lowest BCUT2D eigenvalue weighted by atomic mass is 9.94. The first-order valence-corrected chi connectivity index (χ1v) is 11.7. The highest BCUT2D eigenvalue weighted by Gasteiger charge is 2.34. The van der Waals surface area contributed by atoms with Crippen LogP contribution in [0.4, 0.5) is 8.78 Å². The van der Waals surface area contributed by atoms with Crippen LogP contribution in [0.5, 0.6) is 5.75 Å². The molecule has 1 atom stereocenters. The number of piperidine rings is 1. The molecule has 4 rings (SSSR count). The minimum absolute atomic E-state index is 0.0412. The van der Waals surface area contributed by atoms with Crippen molar-refractivity contribution in [2.75, 3.05) is 13.1 Å². The number of carbonyl (C=O) groups is 1. The van der Waals surface area contributed by atoms with E-state index in [1.165, 1.54) is 12.1 Å². The monoisotopic (exact) mass is 463 g/mol. The highest BCUT2D eigenvalue weighted by molar-refractivity contribution is 7.90. The highest BCUT2D eigenvalue weighted by Crippen LogP contribution is 2.30. The number of nitrogens with zero attached hydrogens (tertiary/aromatic N) is 2. The molecule has 1 saturated heterocycles. The zero-order valence-corrected chi connectivity index (χ0v) is 18.2. The number of carbonyl (C=O) groups excluding carboxylic acids is 1. The molecule has 0 aliphatic carbocycles. The number of nitrogens with one attached hydrogen (secondary N) is 1. The first-order valence-electron chi connectivity index (χ1n) is 10.3. The van der Waals surface area contributed by atoms with Crippen LogP contribution in [0, 0.1) is 5.92 Å². The van der Waals surface area contributed by atoms with Crippen molar-refractivity contribution in [3.8, 4) is 5.75 Å². The molecule has 2 heterocycles. The quantitative estimate of drug-likeness (QED) is 0.735. The molecule has 2 aromatic rings. The topological polar surface area (TPSA) is 88.1 Å². The summed E-state index contributed by atoms with van der Waals surface area (Å²) in [4.78, 5) is 14.9. The van der Waals surface area contributed by atoms with Crippen LogP contribution in [0.1, 0.15) is 36.9 Å². The second-order valence-corrected chi connectivity index (χ2v) is 9.40. The van der Waals surface area contributed by atoms with E-state index < -0.39 is 16.6 Å². The van der Waals surface area contributed by atoms with Gasteiger partial charge in [-0.05, 0) is 49.6 Å². The van der Waals surface area contributed by atoms with Gasteiger partial charge in [0.1, 0.15) is 10.6 Å². The maximum atomic E-state index is 12.8. The normalized spacial score (nSPS) is 18.8. The van der Waals surface area contributed by atoms with Gasteiger partial charge in [-0.25, -0.2) is 0 Å². The molecular formula is C22H23F2N3O4S. The first-order chi connectivity index (χ1) is 15.2. The van der Waals surface area contributed by atoms with E-state index in [4.69, 9.17) is 0 Å². The van der Waals surface area contributed by atoms with Gasteiger partial charge in [0.2, 0.25) is 5.91 Å². The van der Waals surface area contributed by atoms with Crippen molar-refractivity contribution in [2.24, 2.45) is 10.3 Å². The Labute approximate surface area is 185 Å². The van der Waals surface area contributed by atoms with Crippen molar-refractivity contribution in [3.05, 3.63) is 59.7 Å². The number of amides is 1. The zero-order valence-electron chi connectivity index (χ0n) is 17.4. The Balaban J connectivity index is 1.36. The van der Waals surface area contributed by atoms with Gasteiger partial charge in [0.25, 0.3) is 10.0 Å². The Morgan fingerprint density at radius 2 is 1.88 bits per heavy atom. The fraction of sp³-hybridized carbons (Fsp3) is 0.364. The van der Waals surface area contributed by atoms with Gasteiger partial charge in [0.15, 0.2) is 5.84 Å². The average molecular weight is 464 g/mol. The third-order valence-corrected chi connectivity index (χ3v) is 7.04. The summed E-state index contributed by atoms with van der Waals surface area (Å²) in [6, 6.07) is 12.6. The molecular weight excluding hydrogens is 440 g/mol. The summed E-state index contributed by atoms with van der Waals surface area (Å²) in [5, 5.41) is 2.93. The van der Waals surface area contributed by atoms with Crippen LogP contribution >= 0.6 is 0 Å². The van der Waals surface area contributed by atoms with Gasteiger partial charge in [-0.3, -0.25) is 4.79 Å². The minimum Gasteiger partial charge on any atom is -0.435 e. The van der Waals surface area contributed by atoms with Crippen LogP contribution in [0.2, 0.25) is 0 Å². The molecule has 2 aromatic carbocycles. The van der Waals surface area contributed by atoms with Gasteiger partial charge in [-0.1, -0.05) is 24.3 Å². The minimum atomic E-state index is -3.68. The molecule has 10 heteroatoms. The van der Waals surface area contributed by atoms with E-state index in [0.29, 0.717) is 42.9 Å². The van der Waals surface area contributed by atoms with Crippen LogP contribution in [0.25, 0.3) is 0 Å². The predicted octanol–water partition coefficient (Wildman–Crippen LogP) is 3.33. The number of ether oxygens (including phenoxy) is 1. The second kappa shape index (κ2) is 8.85. The van der Waals surface area contributed by atoms with Gasteiger partial charge in [-0.2, -0.15) is 17.2 Å². The van der Waals surface area contributed by atoms with Crippen LogP contribution in [0.15, 0.2) is 57.8 Å². The van der Waals surface area contributed by atoms with E-state index in [1.54, 1.807) is 43.3 Å². The van der Waals surface area contributed by atoms with Crippen molar-refractivity contribution < 1.29 is 26.7 Å². The number of hydrogen-bond donors (Lipinski definition) is 1. The standard InChI is InChI=1S/C22H23F2N3O4S/c1-14(16-5-4-6-17(13-16)31-22(23)24)25-21(28)15-9-11-27(12-10-15)20-18-7-2-3-8-19(18)32(29,30)26-20/h2-8,13-15,22H,9-12H2,1H3,(H,25,28). The van der Waals surface area contributed by atoms with Crippen molar-refractivity contribution in [1.29, 1.82) is 0 Å². The third-order valence-electron chi connectivity index (χ3n) is 5.72. The Morgan fingerprint density at radius 3 is 2.59 bits per heavy atom. The van der Waals surface area contributed by atoms with Crippen molar-refractivity contribution in [2.45, 2.75) is 37.3 Å². The molecule has 2 aliphatic rings. The van der Waals surface area contributed by atoms with E-state index in [0.717, 1.165) is 0 Å². The van der Waals surface area contributed by atoms with Crippen LogP contribution < -0.4 is 10.1 Å². The molecule has 1 amide bonds. The lowest BCUT2D eigenvalue weighted by molar-refractivity contribution is -0.126. The number of hydrogen-bond acceptors (Lipinski definition) is 5. The molecule has 0 spiro atoms. The highest BCUT2D eigenvalue weighted by atomic mass is 32.2. The molecule has 0 saturated carbocycles. The molecule has 1 N–H and O–H groups in total. The molecule has 7 nitrogen and oxygen atoms in total. The Morgan fingerprint density at radius 1 is 1.16 bits per heavy atom. The van der Waals surface area contributed by atoms with Crippen LogP contribution in [0.3, 0.4) is 0 Å². The number of rotatable bonds is 5. The number of sulfonamides is 1. The number of halogens is 2.